The monoisotopic (exact) mass is 337 g/mol. The van der Waals surface area contributed by atoms with Gasteiger partial charge in [-0.25, -0.2) is 9.37 Å². The summed E-state index contributed by atoms with van der Waals surface area (Å²) in [5.74, 6) is 0.593. The summed E-state index contributed by atoms with van der Waals surface area (Å²) in [6.07, 6.45) is 3.90. The molecule has 1 aromatic heterocycles. The molecule has 0 saturated carbocycles. The fourth-order valence-electron chi connectivity index (χ4n) is 3.00. The smallest absolute Gasteiger partial charge is 0.227 e. The number of anilines is 2. The second-order valence-corrected chi connectivity index (χ2v) is 6.20. The number of amides is 1. The Bertz CT molecular complexity index is 580. The summed E-state index contributed by atoms with van der Waals surface area (Å²) in [5, 5.41) is 0. The van der Waals surface area contributed by atoms with Crippen LogP contribution in [0.5, 0.6) is 0 Å². The molecule has 132 valence electrons. The summed E-state index contributed by atoms with van der Waals surface area (Å²) in [7, 11) is 1.87. The molecule has 3 heterocycles. The number of nitrogens with zero attached hydrogens (tertiary/aromatic N) is 5. The first-order valence-electron chi connectivity index (χ1n) is 8.49. The Hall–Kier alpha value is -1.96. The van der Waals surface area contributed by atoms with Crippen molar-refractivity contribution >= 4 is 17.7 Å². The quantitative estimate of drug-likeness (QED) is 0.796. The third-order valence-corrected chi connectivity index (χ3v) is 4.49. The number of halogens is 1. The van der Waals surface area contributed by atoms with Crippen LogP contribution in [0.1, 0.15) is 19.3 Å². The van der Waals surface area contributed by atoms with Crippen LogP contribution in [0.3, 0.4) is 0 Å². The van der Waals surface area contributed by atoms with E-state index in [9.17, 15) is 9.18 Å². The third-order valence-electron chi connectivity index (χ3n) is 4.49. The Labute approximate surface area is 141 Å². The number of hydrogen-bond acceptors (Lipinski definition) is 6. The maximum absolute atomic E-state index is 14.1. The Kier molecular flexibility index (Phi) is 5.44. The van der Waals surface area contributed by atoms with Gasteiger partial charge in [0.25, 0.3) is 0 Å². The van der Waals surface area contributed by atoms with Gasteiger partial charge in [0.2, 0.25) is 11.9 Å². The molecule has 0 aliphatic carbocycles. The minimum Gasteiger partial charge on any atom is -0.378 e. The first-order valence-corrected chi connectivity index (χ1v) is 8.49. The molecule has 8 heteroatoms. The summed E-state index contributed by atoms with van der Waals surface area (Å²) in [6.45, 7) is 4.48. The van der Waals surface area contributed by atoms with Crippen molar-refractivity contribution in [2.75, 3.05) is 62.8 Å². The second-order valence-electron chi connectivity index (χ2n) is 6.20. The summed E-state index contributed by atoms with van der Waals surface area (Å²) in [6, 6.07) is 0. The second kappa shape index (κ2) is 7.74. The van der Waals surface area contributed by atoms with Crippen molar-refractivity contribution in [1.29, 1.82) is 0 Å². The fraction of sp³-hybridized carbons (Fsp3) is 0.688. The zero-order chi connectivity index (χ0) is 16.9. The number of carbonyl (C=O) groups is 1. The van der Waals surface area contributed by atoms with Gasteiger partial charge in [0.1, 0.15) is 0 Å². The van der Waals surface area contributed by atoms with Gasteiger partial charge in [0.15, 0.2) is 11.6 Å². The molecule has 2 fully saturated rings. The topological polar surface area (TPSA) is 61.8 Å². The van der Waals surface area contributed by atoms with Crippen molar-refractivity contribution in [2.24, 2.45) is 0 Å². The summed E-state index contributed by atoms with van der Waals surface area (Å²) < 4.78 is 19.4. The van der Waals surface area contributed by atoms with Crippen LogP contribution >= 0.6 is 0 Å². The van der Waals surface area contributed by atoms with Gasteiger partial charge in [-0.05, 0) is 12.8 Å². The molecule has 0 bridgehead atoms. The van der Waals surface area contributed by atoms with E-state index >= 15 is 0 Å². The van der Waals surface area contributed by atoms with Crippen LogP contribution < -0.4 is 9.80 Å². The Morgan fingerprint density at radius 3 is 2.83 bits per heavy atom. The largest absolute Gasteiger partial charge is 0.378 e. The molecule has 0 unspecified atom stereocenters. The zero-order valence-corrected chi connectivity index (χ0v) is 14.1. The first kappa shape index (κ1) is 16.9. The Morgan fingerprint density at radius 1 is 1.29 bits per heavy atom. The van der Waals surface area contributed by atoms with Crippen LogP contribution in [-0.2, 0) is 9.53 Å². The highest BCUT2D eigenvalue weighted by atomic mass is 19.1. The van der Waals surface area contributed by atoms with Gasteiger partial charge in [0.05, 0.1) is 19.4 Å². The van der Waals surface area contributed by atoms with E-state index in [1.54, 1.807) is 0 Å². The van der Waals surface area contributed by atoms with E-state index in [2.05, 4.69) is 9.97 Å². The lowest BCUT2D eigenvalue weighted by Gasteiger charge is -2.30. The predicted molar refractivity (Wildman–Crippen MR) is 88.7 cm³/mol. The highest BCUT2D eigenvalue weighted by Gasteiger charge is 2.21. The van der Waals surface area contributed by atoms with Gasteiger partial charge >= 0.3 is 0 Å². The van der Waals surface area contributed by atoms with Gasteiger partial charge in [-0.2, -0.15) is 4.98 Å². The molecule has 7 nitrogen and oxygen atoms in total. The number of aromatic nitrogens is 2. The van der Waals surface area contributed by atoms with E-state index in [1.165, 1.54) is 6.20 Å². The number of morpholine rings is 1. The van der Waals surface area contributed by atoms with Crippen LogP contribution in [-0.4, -0.2) is 73.8 Å². The van der Waals surface area contributed by atoms with Crippen molar-refractivity contribution in [3.05, 3.63) is 12.0 Å². The highest BCUT2D eigenvalue weighted by molar-refractivity contribution is 5.76. The van der Waals surface area contributed by atoms with Gasteiger partial charge < -0.3 is 19.4 Å². The SMILES string of the molecule is CN(CCN1CCCCC1=O)c1ncc(F)c(N2CCOCC2)n1. The van der Waals surface area contributed by atoms with Gasteiger partial charge in [-0.3, -0.25) is 4.79 Å². The molecule has 0 N–H and O–H groups in total. The highest BCUT2D eigenvalue weighted by Crippen LogP contribution is 2.20. The normalized spacial score (nSPS) is 18.8. The van der Waals surface area contributed by atoms with Crippen molar-refractivity contribution in [3.63, 3.8) is 0 Å². The minimum absolute atomic E-state index is 0.212. The molecule has 3 rings (SSSR count). The Balaban J connectivity index is 1.63. The lowest BCUT2D eigenvalue weighted by Crippen LogP contribution is -2.41. The van der Waals surface area contributed by atoms with Crippen LogP contribution in [0, 0.1) is 5.82 Å². The molecule has 2 aliphatic rings. The number of piperidine rings is 1. The molecule has 24 heavy (non-hydrogen) atoms. The number of likely N-dealkylation sites (N-methyl/N-ethyl adjacent to an activating group) is 1. The molecule has 2 saturated heterocycles. The predicted octanol–water partition coefficient (Wildman–Crippen LogP) is 0.901. The van der Waals surface area contributed by atoms with E-state index in [1.807, 2.05) is 21.7 Å². The lowest BCUT2D eigenvalue weighted by molar-refractivity contribution is -0.133. The molecule has 1 aromatic rings. The van der Waals surface area contributed by atoms with Crippen molar-refractivity contribution < 1.29 is 13.9 Å². The van der Waals surface area contributed by atoms with Crippen molar-refractivity contribution in [3.8, 4) is 0 Å². The van der Waals surface area contributed by atoms with Gasteiger partial charge in [0, 0.05) is 46.2 Å². The van der Waals surface area contributed by atoms with Crippen LogP contribution in [0.15, 0.2) is 6.20 Å². The summed E-state index contributed by atoms with van der Waals surface area (Å²) in [4.78, 5) is 26.0. The maximum atomic E-state index is 14.1. The molecule has 0 radical (unpaired) electrons. The molecule has 0 spiro atoms. The molecule has 2 aliphatic heterocycles. The van der Waals surface area contributed by atoms with Crippen LogP contribution in [0.4, 0.5) is 16.2 Å². The average molecular weight is 337 g/mol. The van der Waals surface area contributed by atoms with Crippen molar-refractivity contribution in [1.82, 2.24) is 14.9 Å². The average Bonchev–Trinajstić information content (AvgIpc) is 2.62. The third kappa shape index (κ3) is 3.92. The fourth-order valence-corrected chi connectivity index (χ4v) is 3.00. The van der Waals surface area contributed by atoms with E-state index in [0.29, 0.717) is 57.6 Å². The molecule has 0 atom stereocenters. The number of hydrogen-bond donors (Lipinski definition) is 0. The lowest BCUT2D eigenvalue weighted by atomic mass is 10.1. The zero-order valence-electron chi connectivity index (χ0n) is 14.1. The maximum Gasteiger partial charge on any atom is 0.227 e. The summed E-state index contributed by atoms with van der Waals surface area (Å²) in [5.41, 5.74) is 0. The molecular weight excluding hydrogens is 313 g/mol. The van der Waals surface area contributed by atoms with E-state index in [0.717, 1.165) is 19.4 Å². The first-order chi connectivity index (χ1) is 11.6. The van der Waals surface area contributed by atoms with Gasteiger partial charge in [-0.1, -0.05) is 0 Å². The Morgan fingerprint density at radius 2 is 2.08 bits per heavy atom. The van der Waals surface area contributed by atoms with E-state index < -0.39 is 5.82 Å². The molecule has 0 aromatic carbocycles. The van der Waals surface area contributed by atoms with Crippen molar-refractivity contribution in [2.45, 2.75) is 19.3 Å². The van der Waals surface area contributed by atoms with E-state index in [-0.39, 0.29) is 5.91 Å². The van der Waals surface area contributed by atoms with Crippen LogP contribution in [0.2, 0.25) is 0 Å². The number of rotatable bonds is 5. The molecular formula is C16H24FN5O2. The number of likely N-dealkylation sites (tertiary alicyclic amines) is 1. The minimum atomic E-state index is -0.416. The van der Waals surface area contributed by atoms with E-state index in [4.69, 9.17) is 4.74 Å². The van der Waals surface area contributed by atoms with Crippen LogP contribution in [0.25, 0.3) is 0 Å². The summed E-state index contributed by atoms with van der Waals surface area (Å²) >= 11 is 0. The van der Waals surface area contributed by atoms with Gasteiger partial charge in [-0.15, -0.1) is 0 Å². The standard InChI is InChI=1S/C16H24FN5O2/c1-20(6-7-21-5-3-2-4-14(21)23)16-18-12-13(17)15(19-16)22-8-10-24-11-9-22/h12H,2-11H2,1H3. The number of carbonyl (C=O) groups excluding carboxylic acids is 1. The molecule has 1 amide bonds. The number of ether oxygens (including phenoxy) is 1.